The lowest BCUT2D eigenvalue weighted by Crippen LogP contribution is -2.50. The molecule has 1 aromatic rings. The van der Waals surface area contributed by atoms with Crippen molar-refractivity contribution in [2.75, 3.05) is 31.9 Å². The molecule has 0 aromatic heterocycles. The Labute approximate surface area is 139 Å². The molecule has 1 aromatic carbocycles. The summed E-state index contributed by atoms with van der Waals surface area (Å²) in [5, 5.41) is 0.315. The molecule has 8 heteroatoms. The van der Waals surface area contributed by atoms with E-state index >= 15 is 0 Å². The molecule has 2 rings (SSSR count). The number of halogens is 2. The zero-order valence-corrected chi connectivity index (χ0v) is 15.2. The molecule has 1 saturated heterocycles. The lowest BCUT2D eigenvalue weighted by atomic mass is 10.3. The molecule has 0 radical (unpaired) electrons. The van der Waals surface area contributed by atoms with Crippen LogP contribution in [0.3, 0.4) is 0 Å². The third-order valence-corrected chi connectivity index (χ3v) is 6.94. The molecule has 0 amide bonds. The quantitative estimate of drug-likeness (QED) is 0.797. The number of piperazine rings is 1. The summed E-state index contributed by atoms with van der Waals surface area (Å²) >= 11 is 9.19. The molecule has 0 bridgehead atoms. The highest BCUT2D eigenvalue weighted by Gasteiger charge is 2.31. The van der Waals surface area contributed by atoms with E-state index in [9.17, 15) is 8.42 Å². The van der Waals surface area contributed by atoms with Crippen molar-refractivity contribution in [3.05, 3.63) is 21.6 Å². The molecular weight excluding hydrogens is 378 g/mol. The number of hydrogen-bond donors (Lipinski definition) is 1. The average Bonchev–Trinajstić information content (AvgIpc) is 2.42. The van der Waals surface area contributed by atoms with E-state index in [0.29, 0.717) is 34.3 Å². The number of hydrogen-bond acceptors (Lipinski definition) is 4. The Hall–Kier alpha value is -0.340. The molecule has 118 valence electrons. The maximum atomic E-state index is 12.8. The maximum absolute atomic E-state index is 12.8. The van der Waals surface area contributed by atoms with Crippen molar-refractivity contribution in [1.29, 1.82) is 0 Å². The number of nitrogen functional groups attached to an aromatic ring is 1. The molecule has 21 heavy (non-hydrogen) atoms. The second-order valence-electron chi connectivity index (χ2n) is 5.34. The van der Waals surface area contributed by atoms with Crippen molar-refractivity contribution in [2.24, 2.45) is 0 Å². The third-order valence-electron chi connectivity index (χ3n) is 3.65. The van der Waals surface area contributed by atoms with E-state index in [4.69, 9.17) is 17.3 Å². The monoisotopic (exact) mass is 395 g/mol. The van der Waals surface area contributed by atoms with Crippen LogP contribution in [0.15, 0.2) is 21.5 Å². The van der Waals surface area contributed by atoms with E-state index in [-0.39, 0.29) is 4.90 Å². The molecule has 5 nitrogen and oxygen atoms in total. The van der Waals surface area contributed by atoms with Crippen molar-refractivity contribution in [2.45, 2.75) is 24.8 Å². The van der Waals surface area contributed by atoms with Gasteiger partial charge in [0.15, 0.2) is 0 Å². The number of nitrogens with zero attached hydrogens (tertiary/aromatic N) is 2. The summed E-state index contributed by atoms with van der Waals surface area (Å²) in [4.78, 5) is 2.39. The van der Waals surface area contributed by atoms with Crippen LogP contribution >= 0.6 is 27.5 Å². The standard InChI is InChI=1S/C13H19BrClN3O2S/c1-9(2)17-3-5-18(6-4-17)21(19,20)12-8-10(15)7-11(16)13(12)14/h7-9H,3-6,16H2,1-2H3. The largest absolute Gasteiger partial charge is 0.398 e. The van der Waals surface area contributed by atoms with Gasteiger partial charge in [-0.3, -0.25) is 4.90 Å². The molecule has 1 heterocycles. The van der Waals surface area contributed by atoms with Gasteiger partial charge < -0.3 is 5.73 Å². The van der Waals surface area contributed by atoms with Gasteiger partial charge in [0.1, 0.15) is 0 Å². The summed E-state index contributed by atoms with van der Waals surface area (Å²) in [7, 11) is -3.59. The van der Waals surface area contributed by atoms with Crippen LogP contribution in [0.1, 0.15) is 13.8 Å². The van der Waals surface area contributed by atoms with Crippen LogP contribution in [0.25, 0.3) is 0 Å². The molecule has 0 saturated carbocycles. The normalized spacial score (nSPS) is 18.3. The average molecular weight is 397 g/mol. The molecule has 0 unspecified atom stereocenters. The molecule has 0 spiro atoms. The van der Waals surface area contributed by atoms with Gasteiger partial charge in [-0.1, -0.05) is 11.6 Å². The predicted molar refractivity (Wildman–Crippen MR) is 89.0 cm³/mol. The molecule has 2 N–H and O–H groups in total. The highest BCUT2D eigenvalue weighted by atomic mass is 79.9. The molecular formula is C13H19BrClN3O2S. The van der Waals surface area contributed by atoms with Crippen LogP contribution in [0.2, 0.25) is 5.02 Å². The Balaban J connectivity index is 2.28. The Kier molecular flexibility index (Phi) is 5.20. The zero-order chi connectivity index (χ0) is 15.8. The van der Waals surface area contributed by atoms with Crippen molar-refractivity contribution >= 4 is 43.2 Å². The fourth-order valence-electron chi connectivity index (χ4n) is 2.37. The van der Waals surface area contributed by atoms with Crippen molar-refractivity contribution in [1.82, 2.24) is 9.21 Å². The SMILES string of the molecule is CC(C)N1CCN(S(=O)(=O)c2cc(Cl)cc(N)c2Br)CC1. The van der Waals surface area contributed by atoms with E-state index in [1.165, 1.54) is 16.4 Å². The van der Waals surface area contributed by atoms with Gasteiger partial charge in [-0.05, 0) is 41.9 Å². The molecule has 0 aliphatic carbocycles. The van der Waals surface area contributed by atoms with Crippen LogP contribution in [0.4, 0.5) is 5.69 Å². The van der Waals surface area contributed by atoms with Crippen LogP contribution in [-0.2, 0) is 10.0 Å². The number of sulfonamides is 1. The van der Waals surface area contributed by atoms with Crippen LogP contribution in [-0.4, -0.2) is 49.8 Å². The van der Waals surface area contributed by atoms with Gasteiger partial charge in [0.05, 0.1) is 9.37 Å². The third kappa shape index (κ3) is 3.53. The summed E-state index contributed by atoms with van der Waals surface area (Å²) in [5.74, 6) is 0. The second-order valence-corrected chi connectivity index (χ2v) is 8.48. The number of nitrogens with two attached hydrogens (primary N) is 1. The lowest BCUT2D eigenvalue weighted by Gasteiger charge is -2.36. The first kappa shape index (κ1) is 17.0. The Morgan fingerprint density at radius 1 is 1.24 bits per heavy atom. The van der Waals surface area contributed by atoms with Gasteiger partial charge in [0.2, 0.25) is 10.0 Å². The molecule has 0 atom stereocenters. The van der Waals surface area contributed by atoms with E-state index in [1.807, 2.05) is 0 Å². The van der Waals surface area contributed by atoms with Gasteiger partial charge in [0.25, 0.3) is 0 Å². The lowest BCUT2D eigenvalue weighted by molar-refractivity contribution is 0.154. The molecule has 1 aliphatic heterocycles. The first-order valence-corrected chi connectivity index (χ1v) is 9.33. The minimum atomic E-state index is -3.59. The van der Waals surface area contributed by atoms with Gasteiger partial charge in [-0.2, -0.15) is 4.31 Å². The smallest absolute Gasteiger partial charge is 0.244 e. The Bertz CT molecular complexity index is 629. The first-order valence-electron chi connectivity index (χ1n) is 6.72. The van der Waals surface area contributed by atoms with Gasteiger partial charge >= 0.3 is 0 Å². The Morgan fingerprint density at radius 2 is 1.81 bits per heavy atom. The van der Waals surface area contributed by atoms with E-state index < -0.39 is 10.0 Å². The zero-order valence-electron chi connectivity index (χ0n) is 12.0. The van der Waals surface area contributed by atoms with E-state index in [1.54, 1.807) is 0 Å². The summed E-state index contributed by atoms with van der Waals surface area (Å²) < 4.78 is 27.4. The van der Waals surface area contributed by atoms with Gasteiger partial charge in [0, 0.05) is 42.9 Å². The fourth-order valence-corrected chi connectivity index (χ4v) is 5.05. The van der Waals surface area contributed by atoms with E-state index in [0.717, 1.165) is 13.1 Å². The predicted octanol–water partition coefficient (Wildman–Crippen LogP) is 2.40. The van der Waals surface area contributed by atoms with E-state index in [2.05, 4.69) is 34.7 Å². The maximum Gasteiger partial charge on any atom is 0.244 e. The fraction of sp³-hybridized carbons (Fsp3) is 0.538. The van der Waals surface area contributed by atoms with Gasteiger partial charge in [-0.15, -0.1) is 0 Å². The summed E-state index contributed by atoms with van der Waals surface area (Å²) in [6.07, 6.45) is 0. The van der Waals surface area contributed by atoms with Crippen LogP contribution in [0.5, 0.6) is 0 Å². The number of rotatable bonds is 3. The van der Waals surface area contributed by atoms with Crippen molar-refractivity contribution < 1.29 is 8.42 Å². The van der Waals surface area contributed by atoms with Gasteiger partial charge in [-0.25, -0.2) is 8.42 Å². The highest BCUT2D eigenvalue weighted by molar-refractivity contribution is 9.10. The second kappa shape index (κ2) is 6.42. The number of benzene rings is 1. The van der Waals surface area contributed by atoms with Crippen LogP contribution in [0, 0.1) is 0 Å². The van der Waals surface area contributed by atoms with Crippen molar-refractivity contribution in [3.8, 4) is 0 Å². The summed E-state index contributed by atoms with van der Waals surface area (Å²) in [6, 6.07) is 3.39. The minimum absolute atomic E-state index is 0.130. The van der Waals surface area contributed by atoms with Crippen molar-refractivity contribution in [3.63, 3.8) is 0 Å². The summed E-state index contributed by atoms with van der Waals surface area (Å²) in [6.45, 7) is 6.62. The summed E-state index contributed by atoms with van der Waals surface area (Å²) in [5.41, 5.74) is 6.11. The topological polar surface area (TPSA) is 66.6 Å². The molecule has 1 fully saturated rings. The number of anilines is 1. The highest BCUT2D eigenvalue weighted by Crippen LogP contribution is 2.33. The molecule has 1 aliphatic rings. The first-order chi connectivity index (χ1) is 9.73. The van der Waals surface area contributed by atoms with Crippen LogP contribution < -0.4 is 5.73 Å². The Morgan fingerprint density at radius 3 is 2.33 bits per heavy atom. The minimum Gasteiger partial charge on any atom is -0.398 e.